The van der Waals surface area contributed by atoms with E-state index in [9.17, 15) is 9.59 Å². The van der Waals surface area contributed by atoms with Gasteiger partial charge in [0.05, 0.1) is 0 Å². The average molecular weight is 252 g/mol. The fourth-order valence-corrected chi connectivity index (χ4v) is 1.37. The first kappa shape index (κ1) is 13.8. The van der Waals surface area contributed by atoms with Crippen molar-refractivity contribution >= 4 is 11.7 Å². The number of amides is 1. The Morgan fingerprint density at radius 2 is 2.33 bits per heavy atom. The topological polar surface area (TPSA) is 121 Å². The lowest BCUT2D eigenvalue weighted by Crippen LogP contribution is -2.30. The SMILES string of the molecule is Cc1cc(=O)c(C(=O)NCCCC(N)=NO)c[nH]1. The van der Waals surface area contributed by atoms with Crippen molar-refractivity contribution < 1.29 is 10.0 Å². The monoisotopic (exact) mass is 252 g/mol. The highest BCUT2D eigenvalue weighted by atomic mass is 16.4. The summed E-state index contributed by atoms with van der Waals surface area (Å²) in [4.78, 5) is 26.0. The quantitative estimate of drug-likeness (QED) is 0.193. The third kappa shape index (κ3) is 3.93. The minimum Gasteiger partial charge on any atom is -0.409 e. The van der Waals surface area contributed by atoms with Crippen LogP contribution in [0.25, 0.3) is 0 Å². The van der Waals surface area contributed by atoms with Gasteiger partial charge in [-0.1, -0.05) is 5.16 Å². The van der Waals surface area contributed by atoms with Crippen LogP contribution in [0.1, 0.15) is 28.9 Å². The second-order valence-corrected chi connectivity index (χ2v) is 3.84. The summed E-state index contributed by atoms with van der Waals surface area (Å²) in [5.74, 6) is -0.326. The number of oxime groups is 1. The number of nitrogens with two attached hydrogens (primary N) is 1. The van der Waals surface area contributed by atoms with Crippen molar-refractivity contribution in [3.63, 3.8) is 0 Å². The zero-order chi connectivity index (χ0) is 13.5. The third-order valence-corrected chi connectivity index (χ3v) is 2.33. The number of H-pyrrole nitrogens is 1. The van der Waals surface area contributed by atoms with E-state index in [1.54, 1.807) is 6.92 Å². The van der Waals surface area contributed by atoms with Crippen LogP contribution in [0.3, 0.4) is 0 Å². The first-order valence-electron chi connectivity index (χ1n) is 5.48. The number of hydrogen-bond acceptors (Lipinski definition) is 4. The van der Waals surface area contributed by atoms with E-state index in [1.165, 1.54) is 12.3 Å². The summed E-state index contributed by atoms with van der Waals surface area (Å²) in [6, 6.07) is 1.37. The summed E-state index contributed by atoms with van der Waals surface area (Å²) in [6.45, 7) is 2.09. The van der Waals surface area contributed by atoms with Crippen LogP contribution in [-0.2, 0) is 0 Å². The van der Waals surface area contributed by atoms with Crippen LogP contribution in [0, 0.1) is 6.92 Å². The second-order valence-electron chi connectivity index (χ2n) is 3.84. The molecule has 0 aliphatic heterocycles. The molecule has 7 nitrogen and oxygen atoms in total. The Bertz CT molecular complexity index is 507. The van der Waals surface area contributed by atoms with Crippen LogP contribution in [0.5, 0.6) is 0 Å². The number of carbonyl (C=O) groups excluding carboxylic acids is 1. The van der Waals surface area contributed by atoms with Gasteiger partial charge in [-0.25, -0.2) is 0 Å². The molecule has 0 atom stereocenters. The van der Waals surface area contributed by atoms with E-state index < -0.39 is 5.91 Å². The smallest absolute Gasteiger partial charge is 0.256 e. The Labute approximate surface area is 104 Å². The van der Waals surface area contributed by atoms with Gasteiger partial charge in [-0.05, 0) is 13.3 Å². The van der Waals surface area contributed by atoms with Crippen LogP contribution in [0.4, 0.5) is 0 Å². The molecule has 0 radical (unpaired) electrons. The van der Waals surface area contributed by atoms with Gasteiger partial charge in [0.1, 0.15) is 11.4 Å². The molecule has 1 aromatic rings. The highest BCUT2D eigenvalue weighted by Crippen LogP contribution is 1.93. The number of carbonyl (C=O) groups is 1. The lowest BCUT2D eigenvalue weighted by atomic mass is 10.2. The summed E-state index contributed by atoms with van der Waals surface area (Å²) in [7, 11) is 0. The number of nitrogens with zero attached hydrogens (tertiary/aromatic N) is 1. The van der Waals surface area contributed by atoms with Gasteiger partial charge in [-0.15, -0.1) is 0 Å². The second kappa shape index (κ2) is 6.43. The number of aromatic nitrogens is 1. The normalized spacial score (nSPS) is 11.3. The zero-order valence-electron chi connectivity index (χ0n) is 10.1. The first-order valence-corrected chi connectivity index (χ1v) is 5.48. The Balaban J connectivity index is 2.48. The van der Waals surface area contributed by atoms with Gasteiger partial charge in [0, 0.05) is 30.9 Å². The number of rotatable bonds is 5. The van der Waals surface area contributed by atoms with Gasteiger partial charge in [0.25, 0.3) is 5.91 Å². The summed E-state index contributed by atoms with van der Waals surface area (Å²) >= 11 is 0. The molecule has 98 valence electrons. The van der Waals surface area contributed by atoms with Gasteiger partial charge < -0.3 is 21.2 Å². The number of hydrogen-bond donors (Lipinski definition) is 4. The van der Waals surface area contributed by atoms with E-state index in [0.29, 0.717) is 25.1 Å². The van der Waals surface area contributed by atoms with E-state index in [0.717, 1.165) is 0 Å². The molecule has 0 bridgehead atoms. The van der Waals surface area contributed by atoms with Crippen LogP contribution < -0.4 is 16.5 Å². The maximum Gasteiger partial charge on any atom is 0.256 e. The molecule has 0 aliphatic carbocycles. The Kier molecular flexibility index (Phi) is 4.91. The van der Waals surface area contributed by atoms with Gasteiger partial charge >= 0.3 is 0 Å². The predicted molar refractivity (Wildman–Crippen MR) is 66.8 cm³/mol. The molecule has 0 unspecified atom stereocenters. The molecule has 0 aromatic carbocycles. The first-order chi connectivity index (χ1) is 8.54. The van der Waals surface area contributed by atoms with E-state index >= 15 is 0 Å². The van der Waals surface area contributed by atoms with Gasteiger partial charge in [-0.3, -0.25) is 9.59 Å². The van der Waals surface area contributed by atoms with Gasteiger partial charge in [0.15, 0.2) is 5.43 Å². The largest absolute Gasteiger partial charge is 0.409 e. The van der Waals surface area contributed by atoms with Crippen molar-refractivity contribution in [2.24, 2.45) is 10.9 Å². The van der Waals surface area contributed by atoms with Crippen molar-refractivity contribution in [3.05, 3.63) is 33.7 Å². The maximum atomic E-state index is 11.6. The number of nitrogens with one attached hydrogen (secondary N) is 2. The summed E-state index contributed by atoms with van der Waals surface area (Å²) in [5.41, 5.74) is 5.73. The van der Waals surface area contributed by atoms with Crippen molar-refractivity contribution in [2.45, 2.75) is 19.8 Å². The molecular formula is C11H16N4O3. The van der Waals surface area contributed by atoms with Crippen LogP contribution >= 0.6 is 0 Å². The molecule has 0 spiro atoms. The molecule has 1 aromatic heterocycles. The number of aromatic amines is 1. The Morgan fingerprint density at radius 1 is 1.61 bits per heavy atom. The summed E-state index contributed by atoms with van der Waals surface area (Å²) in [5, 5.41) is 13.7. The van der Waals surface area contributed by atoms with Crippen LogP contribution in [0.15, 0.2) is 22.2 Å². The van der Waals surface area contributed by atoms with E-state index in [-0.39, 0.29) is 16.8 Å². The molecule has 0 saturated heterocycles. The average Bonchev–Trinajstić information content (AvgIpc) is 2.34. The van der Waals surface area contributed by atoms with Crippen molar-refractivity contribution in [3.8, 4) is 0 Å². The molecule has 0 saturated carbocycles. The Morgan fingerprint density at radius 3 is 2.94 bits per heavy atom. The van der Waals surface area contributed by atoms with Crippen LogP contribution in [-0.4, -0.2) is 28.5 Å². The maximum absolute atomic E-state index is 11.6. The lowest BCUT2D eigenvalue weighted by molar-refractivity contribution is 0.0952. The summed E-state index contributed by atoms with van der Waals surface area (Å²) < 4.78 is 0. The van der Waals surface area contributed by atoms with E-state index in [2.05, 4.69) is 15.5 Å². The molecule has 5 N–H and O–H groups in total. The van der Waals surface area contributed by atoms with Crippen molar-refractivity contribution in [1.29, 1.82) is 0 Å². The molecule has 0 fully saturated rings. The van der Waals surface area contributed by atoms with Crippen molar-refractivity contribution in [2.75, 3.05) is 6.54 Å². The van der Waals surface area contributed by atoms with Gasteiger partial charge in [-0.2, -0.15) is 0 Å². The fourth-order valence-electron chi connectivity index (χ4n) is 1.37. The highest BCUT2D eigenvalue weighted by Gasteiger charge is 2.09. The number of amidine groups is 1. The number of pyridine rings is 1. The highest BCUT2D eigenvalue weighted by molar-refractivity contribution is 5.93. The predicted octanol–water partition coefficient (Wildman–Crippen LogP) is -0.0603. The van der Waals surface area contributed by atoms with E-state index in [1.807, 2.05) is 0 Å². The molecule has 18 heavy (non-hydrogen) atoms. The molecular weight excluding hydrogens is 236 g/mol. The van der Waals surface area contributed by atoms with E-state index in [4.69, 9.17) is 10.9 Å². The standard InChI is InChI=1S/C11H16N4O3/c1-7-5-9(16)8(6-14-7)11(17)13-4-2-3-10(12)15-18/h5-6,18H,2-4H2,1H3,(H2,12,15)(H,13,17)(H,14,16). The minimum absolute atomic E-state index is 0.0735. The Hall–Kier alpha value is -2.31. The zero-order valence-corrected chi connectivity index (χ0v) is 10.1. The summed E-state index contributed by atoms with van der Waals surface area (Å²) in [6.07, 6.45) is 2.29. The lowest BCUT2D eigenvalue weighted by Gasteiger charge is -2.04. The molecule has 1 rings (SSSR count). The molecule has 7 heteroatoms. The minimum atomic E-state index is -0.434. The van der Waals surface area contributed by atoms with Gasteiger partial charge in [0.2, 0.25) is 0 Å². The molecule has 1 heterocycles. The molecule has 0 aliphatic rings. The third-order valence-electron chi connectivity index (χ3n) is 2.33. The van der Waals surface area contributed by atoms with Crippen molar-refractivity contribution in [1.82, 2.24) is 10.3 Å². The molecule has 1 amide bonds. The fraction of sp³-hybridized carbons (Fsp3) is 0.364. The number of aryl methyl sites for hydroxylation is 1. The van der Waals surface area contributed by atoms with Crippen LogP contribution in [0.2, 0.25) is 0 Å².